The van der Waals surface area contributed by atoms with Gasteiger partial charge in [-0.1, -0.05) is 25.8 Å². The van der Waals surface area contributed by atoms with Gasteiger partial charge >= 0.3 is 0 Å². The molecule has 0 heterocycles. The van der Waals surface area contributed by atoms with E-state index in [2.05, 4.69) is 24.9 Å². The second kappa shape index (κ2) is 9.75. The van der Waals surface area contributed by atoms with Crippen molar-refractivity contribution in [2.24, 2.45) is 5.92 Å². The molecule has 0 aliphatic rings. The third-order valence-electron chi connectivity index (χ3n) is 3.13. The maximum Gasteiger partial charge on any atom is 0.217 e. The van der Waals surface area contributed by atoms with Crippen molar-refractivity contribution in [3.8, 4) is 0 Å². The SMILES string of the molecule is CCCCC/C=C(\C)C(=O)[C@@H](C(=O)S)C(C)NC(C)=O. The monoisotopic (exact) mass is 299 g/mol. The summed E-state index contributed by atoms with van der Waals surface area (Å²) in [6, 6.07) is -0.552. The van der Waals surface area contributed by atoms with E-state index >= 15 is 0 Å². The van der Waals surface area contributed by atoms with Crippen LogP contribution in [-0.4, -0.2) is 22.8 Å². The van der Waals surface area contributed by atoms with Crippen LogP contribution >= 0.6 is 12.6 Å². The zero-order chi connectivity index (χ0) is 15.7. The molecule has 0 fully saturated rings. The molecular formula is C15H25NO3S. The van der Waals surface area contributed by atoms with Gasteiger partial charge in [-0.15, -0.1) is 12.6 Å². The Morgan fingerprint density at radius 3 is 2.25 bits per heavy atom. The molecule has 5 heteroatoms. The van der Waals surface area contributed by atoms with Crippen LogP contribution in [0.1, 0.15) is 53.4 Å². The lowest BCUT2D eigenvalue weighted by atomic mass is 9.92. The fraction of sp³-hybridized carbons (Fsp3) is 0.667. The number of ketones is 1. The van der Waals surface area contributed by atoms with E-state index in [4.69, 9.17) is 0 Å². The van der Waals surface area contributed by atoms with Crippen molar-refractivity contribution in [1.29, 1.82) is 0 Å². The first-order valence-electron chi connectivity index (χ1n) is 7.02. The third kappa shape index (κ3) is 6.89. The highest BCUT2D eigenvalue weighted by Gasteiger charge is 2.31. The minimum Gasteiger partial charge on any atom is -0.353 e. The van der Waals surface area contributed by atoms with Gasteiger partial charge in [-0.3, -0.25) is 14.4 Å². The van der Waals surface area contributed by atoms with Gasteiger partial charge in [0.25, 0.3) is 0 Å². The zero-order valence-corrected chi connectivity index (χ0v) is 13.6. The first-order chi connectivity index (χ1) is 9.31. The molecule has 0 rings (SSSR count). The molecule has 114 valence electrons. The highest BCUT2D eigenvalue weighted by atomic mass is 32.1. The quantitative estimate of drug-likeness (QED) is 0.298. The van der Waals surface area contributed by atoms with E-state index in [9.17, 15) is 14.4 Å². The first-order valence-corrected chi connectivity index (χ1v) is 7.46. The lowest BCUT2D eigenvalue weighted by molar-refractivity contribution is -0.127. The van der Waals surface area contributed by atoms with Gasteiger partial charge in [0.1, 0.15) is 5.92 Å². The minimum absolute atomic E-state index is 0.261. The van der Waals surface area contributed by atoms with E-state index in [0.717, 1.165) is 25.7 Å². The van der Waals surface area contributed by atoms with E-state index in [0.29, 0.717) is 5.57 Å². The summed E-state index contributed by atoms with van der Waals surface area (Å²) < 4.78 is 0. The lowest BCUT2D eigenvalue weighted by Gasteiger charge is -2.20. The molecule has 20 heavy (non-hydrogen) atoms. The molecule has 0 aromatic heterocycles. The molecule has 0 spiro atoms. The van der Waals surface area contributed by atoms with Crippen molar-refractivity contribution in [3.05, 3.63) is 11.6 Å². The highest BCUT2D eigenvalue weighted by molar-refractivity contribution is 7.96. The average molecular weight is 299 g/mol. The third-order valence-corrected chi connectivity index (χ3v) is 3.40. The summed E-state index contributed by atoms with van der Waals surface area (Å²) in [4.78, 5) is 34.9. The summed E-state index contributed by atoms with van der Waals surface area (Å²) >= 11 is 3.78. The minimum atomic E-state index is -0.926. The van der Waals surface area contributed by atoms with Gasteiger partial charge in [-0.25, -0.2) is 0 Å². The van der Waals surface area contributed by atoms with Crippen molar-refractivity contribution in [3.63, 3.8) is 0 Å². The van der Waals surface area contributed by atoms with Crippen LogP contribution in [0.4, 0.5) is 0 Å². The summed E-state index contributed by atoms with van der Waals surface area (Å²) in [6.07, 6.45) is 5.96. The maximum absolute atomic E-state index is 12.3. The van der Waals surface area contributed by atoms with Crippen molar-refractivity contribution in [1.82, 2.24) is 5.32 Å². The van der Waals surface area contributed by atoms with Gasteiger partial charge in [0.15, 0.2) is 10.9 Å². The molecule has 0 saturated heterocycles. The molecule has 1 N–H and O–H groups in total. The molecule has 0 aromatic rings. The number of thiol groups is 1. The van der Waals surface area contributed by atoms with Crippen LogP contribution in [0.25, 0.3) is 0 Å². The summed E-state index contributed by atoms with van der Waals surface area (Å²) in [5.41, 5.74) is 0.561. The number of carbonyl (C=O) groups excluding carboxylic acids is 3. The summed E-state index contributed by atoms with van der Waals surface area (Å²) in [5, 5.41) is 2.06. The summed E-state index contributed by atoms with van der Waals surface area (Å²) in [5.74, 6) is -1.46. The standard InChI is InChI=1S/C15H25NO3S/c1-5-6-7-8-9-10(2)14(18)13(15(19)20)11(3)16-12(4)17/h9,11,13H,5-8H2,1-4H3,(H,16,17)(H,19,20)/b10-9+/t11?,13-/m0/s1. The lowest BCUT2D eigenvalue weighted by Crippen LogP contribution is -2.43. The molecule has 0 aliphatic carbocycles. The molecule has 0 saturated carbocycles. The number of hydrogen-bond acceptors (Lipinski definition) is 3. The molecule has 1 unspecified atom stereocenters. The number of amides is 1. The van der Waals surface area contributed by atoms with E-state index in [-0.39, 0.29) is 11.7 Å². The number of rotatable bonds is 9. The van der Waals surface area contributed by atoms with Gasteiger partial charge in [-0.2, -0.15) is 0 Å². The van der Waals surface area contributed by atoms with Crippen LogP contribution in [0.15, 0.2) is 11.6 Å². The largest absolute Gasteiger partial charge is 0.353 e. The fourth-order valence-electron chi connectivity index (χ4n) is 2.02. The molecule has 0 aromatic carbocycles. The van der Waals surface area contributed by atoms with Crippen LogP contribution < -0.4 is 5.32 Å². The maximum atomic E-state index is 12.3. The highest BCUT2D eigenvalue weighted by Crippen LogP contribution is 2.16. The summed E-state index contributed by atoms with van der Waals surface area (Å²) in [6.45, 7) is 6.82. The molecule has 0 radical (unpaired) electrons. The Labute approximate surface area is 126 Å². The van der Waals surface area contributed by atoms with E-state index in [1.807, 2.05) is 6.08 Å². The van der Waals surface area contributed by atoms with Crippen molar-refractivity contribution in [2.45, 2.75) is 59.4 Å². The number of nitrogens with one attached hydrogen (secondary N) is 1. The average Bonchev–Trinajstić information content (AvgIpc) is 2.32. The van der Waals surface area contributed by atoms with Gasteiger partial charge in [0, 0.05) is 13.0 Å². The van der Waals surface area contributed by atoms with Gasteiger partial charge in [0.05, 0.1) is 0 Å². The zero-order valence-electron chi connectivity index (χ0n) is 12.7. The van der Waals surface area contributed by atoms with Crippen LogP contribution in [0.3, 0.4) is 0 Å². The van der Waals surface area contributed by atoms with Crippen LogP contribution in [0.5, 0.6) is 0 Å². The number of unbranched alkanes of at least 4 members (excludes halogenated alkanes) is 3. The van der Waals surface area contributed by atoms with Crippen LogP contribution in [0.2, 0.25) is 0 Å². The predicted molar refractivity (Wildman–Crippen MR) is 83.7 cm³/mol. The second-order valence-corrected chi connectivity index (χ2v) is 5.49. The van der Waals surface area contributed by atoms with Gasteiger partial charge < -0.3 is 5.32 Å². The summed E-state index contributed by atoms with van der Waals surface area (Å²) in [7, 11) is 0. The molecule has 0 bridgehead atoms. The number of carbonyl (C=O) groups is 3. The molecule has 1 amide bonds. The normalized spacial score (nSPS) is 14.6. The van der Waals surface area contributed by atoms with Crippen LogP contribution in [0, 0.1) is 5.92 Å². The number of hydrogen-bond donors (Lipinski definition) is 2. The number of allylic oxidation sites excluding steroid dienone is 2. The molecular weight excluding hydrogens is 274 g/mol. The predicted octanol–water partition coefficient (Wildman–Crippen LogP) is 2.68. The number of Topliss-reactive ketones (excluding diaryl/α,β-unsaturated/α-hetero) is 1. The van der Waals surface area contributed by atoms with Crippen molar-refractivity contribution < 1.29 is 14.4 Å². The van der Waals surface area contributed by atoms with E-state index < -0.39 is 17.1 Å². The smallest absolute Gasteiger partial charge is 0.217 e. The fourth-order valence-corrected chi connectivity index (χ4v) is 2.36. The van der Waals surface area contributed by atoms with Gasteiger partial charge in [-0.05, 0) is 32.3 Å². The Balaban J connectivity index is 4.79. The molecule has 2 atom stereocenters. The Hall–Kier alpha value is -1.10. The first kappa shape index (κ1) is 18.9. The van der Waals surface area contributed by atoms with E-state index in [1.54, 1.807) is 13.8 Å². The van der Waals surface area contributed by atoms with E-state index in [1.165, 1.54) is 6.92 Å². The molecule has 4 nitrogen and oxygen atoms in total. The molecule has 0 aliphatic heterocycles. The van der Waals surface area contributed by atoms with Gasteiger partial charge in [0.2, 0.25) is 5.91 Å². The Morgan fingerprint density at radius 1 is 1.20 bits per heavy atom. The second-order valence-electron chi connectivity index (χ2n) is 5.05. The topological polar surface area (TPSA) is 63.2 Å². The Morgan fingerprint density at radius 2 is 1.80 bits per heavy atom. The van der Waals surface area contributed by atoms with Crippen molar-refractivity contribution in [2.75, 3.05) is 0 Å². The van der Waals surface area contributed by atoms with Crippen molar-refractivity contribution >= 4 is 29.4 Å². The van der Waals surface area contributed by atoms with Crippen LogP contribution in [-0.2, 0) is 14.4 Å². The Kier molecular flexibility index (Phi) is 9.21. The Bertz CT molecular complexity index is 391.